The Balaban J connectivity index is 2.90. The molecular formula is C16H27NO5S. The van der Waals surface area contributed by atoms with Gasteiger partial charge < -0.3 is 9.47 Å². The van der Waals surface area contributed by atoms with Crippen molar-refractivity contribution < 1.29 is 23.9 Å². The molecule has 2 atom stereocenters. The first kappa shape index (κ1) is 19.8. The highest BCUT2D eigenvalue weighted by atomic mass is 32.2. The molecule has 0 aromatic heterocycles. The molecule has 1 aliphatic heterocycles. The third kappa shape index (κ3) is 6.81. The number of hydrogen-bond acceptors (Lipinski definition) is 6. The van der Waals surface area contributed by atoms with E-state index < -0.39 is 29.3 Å². The van der Waals surface area contributed by atoms with Crippen LogP contribution in [0, 0.1) is 0 Å². The molecule has 1 saturated heterocycles. The summed E-state index contributed by atoms with van der Waals surface area (Å²) in [5.74, 6) is -0.463. The molecule has 0 bridgehead atoms. The molecule has 6 nitrogen and oxygen atoms in total. The number of esters is 1. The first-order valence-electron chi connectivity index (χ1n) is 7.68. The molecule has 0 aromatic carbocycles. The standard InChI is InChI=1S/C16H27NO5S/c1-10(18)23-11-8-12(13(19)21-15(2,3)4)17(9-11)14(20)22-16(5,6)7/h11-12H,8-9H2,1-7H3/t11-,12-/m0/s1. The fraction of sp³-hybridized carbons (Fsp3) is 0.812. The number of nitrogens with zero attached hydrogens (tertiary/aromatic N) is 1. The van der Waals surface area contributed by atoms with Crippen LogP contribution in [0.15, 0.2) is 0 Å². The Morgan fingerprint density at radius 1 is 1.00 bits per heavy atom. The molecule has 132 valence electrons. The van der Waals surface area contributed by atoms with Gasteiger partial charge in [0.15, 0.2) is 5.12 Å². The van der Waals surface area contributed by atoms with Gasteiger partial charge in [-0.25, -0.2) is 9.59 Å². The second kappa shape index (κ2) is 7.11. The van der Waals surface area contributed by atoms with Gasteiger partial charge in [-0.1, -0.05) is 11.8 Å². The van der Waals surface area contributed by atoms with E-state index in [1.165, 1.54) is 11.8 Å². The first-order chi connectivity index (χ1) is 10.3. The number of thioether (sulfide) groups is 1. The van der Waals surface area contributed by atoms with Crippen LogP contribution >= 0.6 is 11.8 Å². The maximum Gasteiger partial charge on any atom is 0.411 e. The molecule has 0 aliphatic carbocycles. The highest BCUT2D eigenvalue weighted by molar-refractivity contribution is 8.14. The Morgan fingerprint density at radius 2 is 1.52 bits per heavy atom. The minimum Gasteiger partial charge on any atom is -0.458 e. The molecule has 1 aliphatic rings. The van der Waals surface area contributed by atoms with Crippen molar-refractivity contribution in [3.63, 3.8) is 0 Å². The summed E-state index contributed by atoms with van der Waals surface area (Å²) in [6, 6.07) is -0.721. The summed E-state index contributed by atoms with van der Waals surface area (Å²) in [6.07, 6.45) is -0.168. The number of carbonyl (C=O) groups excluding carboxylic acids is 3. The summed E-state index contributed by atoms with van der Waals surface area (Å²) in [6.45, 7) is 12.4. The maximum absolute atomic E-state index is 12.4. The summed E-state index contributed by atoms with van der Waals surface area (Å²) >= 11 is 1.14. The SMILES string of the molecule is CC(=O)S[C@H]1C[C@@H](C(=O)OC(C)(C)C)N(C(=O)OC(C)(C)C)C1. The van der Waals surface area contributed by atoms with Crippen LogP contribution in [0.25, 0.3) is 0 Å². The molecule has 0 unspecified atom stereocenters. The van der Waals surface area contributed by atoms with Crippen LogP contribution in [0.1, 0.15) is 54.9 Å². The van der Waals surface area contributed by atoms with Crippen molar-refractivity contribution in [1.29, 1.82) is 0 Å². The van der Waals surface area contributed by atoms with E-state index in [1.807, 2.05) is 0 Å². The molecular weight excluding hydrogens is 318 g/mol. The average Bonchev–Trinajstić information content (AvgIpc) is 2.67. The van der Waals surface area contributed by atoms with E-state index in [2.05, 4.69) is 0 Å². The van der Waals surface area contributed by atoms with Gasteiger partial charge in [-0.3, -0.25) is 9.69 Å². The summed E-state index contributed by atoms with van der Waals surface area (Å²) in [5.41, 5.74) is -1.29. The van der Waals surface area contributed by atoms with Crippen molar-refractivity contribution in [2.75, 3.05) is 6.54 Å². The Labute approximate surface area is 142 Å². The molecule has 0 saturated carbocycles. The third-order valence-electron chi connectivity index (χ3n) is 2.90. The Kier molecular flexibility index (Phi) is 6.12. The lowest BCUT2D eigenvalue weighted by Gasteiger charge is -2.29. The molecule has 0 spiro atoms. The van der Waals surface area contributed by atoms with Gasteiger partial charge >= 0.3 is 12.1 Å². The molecule has 1 amide bonds. The van der Waals surface area contributed by atoms with E-state index >= 15 is 0 Å². The zero-order valence-corrected chi connectivity index (χ0v) is 15.8. The molecule has 0 radical (unpaired) electrons. The van der Waals surface area contributed by atoms with Gasteiger partial charge in [0, 0.05) is 18.7 Å². The van der Waals surface area contributed by atoms with Gasteiger partial charge in [-0.15, -0.1) is 0 Å². The first-order valence-corrected chi connectivity index (χ1v) is 8.56. The van der Waals surface area contributed by atoms with Crippen LogP contribution in [0.3, 0.4) is 0 Å². The van der Waals surface area contributed by atoms with Crippen molar-refractivity contribution >= 4 is 28.9 Å². The zero-order chi connectivity index (χ0) is 18.0. The minimum atomic E-state index is -0.721. The van der Waals surface area contributed by atoms with Crippen LogP contribution in [0.2, 0.25) is 0 Å². The van der Waals surface area contributed by atoms with Crippen molar-refractivity contribution in [3.05, 3.63) is 0 Å². The third-order valence-corrected chi connectivity index (χ3v) is 3.91. The Hall–Kier alpha value is -1.24. The number of likely N-dealkylation sites (tertiary alicyclic amines) is 1. The quantitative estimate of drug-likeness (QED) is 0.716. The monoisotopic (exact) mass is 345 g/mol. The predicted octanol–water partition coefficient (Wildman–Crippen LogP) is 2.99. The number of ether oxygens (including phenoxy) is 2. The largest absolute Gasteiger partial charge is 0.458 e. The zero-order valence-electron chi connectivity index (χ0n) is 15.0. The van der Waals surface area contributed by atoms with Gasteiger partial charge in [0.2, 0.25) is 0 Å². The van der Waals surface area contributed by atoms with Crippen molar-refractivity contribution in [3.8, 4) is 0 Å². The Morgan fingerprint density at radius 3 is 1.96 bits per heavy atom. The minimum absolute atomic E-state index is 0.0380. The molecule has 1 rings (SSSR count). The summed E-state index contributed by atoms with van der Waals surface area (Å²) < 4.78 is 10.8. The molecule has 1 heterocycles. The van der Waals surface area contributed by atoms with Crippen LogP contribution in [0.5, 0.6) is 0 Å². The number of amides is 1. The van der Waals surface area contributed by atoms with Crippen molar-refractivity contribution in [2.24, 2.45) is 0 Å². The summed E-state index contributed by atoms with van der Waals surface area (Å²) in [4.78, 5) is 37.5. The van der Waals surface area contributed by atoms with E-state index in [4.69, 9.17) is 9.47 Å². The van der Waals surface area contributed by atoms with E-state index in [1.54, 1.807) is 41.5 Å². The van der Waals surface area contributed by atoms with Crippen LogP contribution in [-0.4, -0.2) is 51.1 Å². The summed E-state index contributed by atoms with van der Waals surface area (Å²) in [7, 11) is 0. The molecule has 0 aromatic rings. The highest BCUT2D eigenvalue weighted by Crippen LogP contribution is 2.31. The van der Waals surface area contributed by atoms with E-state index in [0.29, 0.717) is 13.0 Å². The van der Waals surface area contributed by atoms with Gasteiger partial charge in [-0.2, -0.15) is 0 Å². The highest BCUT2D eigenvalue weighted by Gasteiger charge is 2.43. The number of carbonyl (C=O) groups is 3. The van der Waals surface area contributed by atoms with Gasteiger partial charge in [0.1, 0.15) is 17.2 Å². The predicted molar refractivity (Wildman–Crippen MR) is 89.3 cm³/mol. The fourth-order valence-corrected chi connectivity index (χ4v) is 3.22. The van der Waals surface area contributed by atoms with E-state index in [0.717, 1.165) is 11.8 Å². The van der Waals surface area contributed by atoms with Crippen molar-refractivity contribution in [2.45, 2.75) is 77.4 Å². The average molecular weight is 345 g/mol. The fourth-order valence-electron chi connectivity index (χ4n) is 2.23. The summed E-state index contributed by atoms with van der Waals surface area (Å²) in [5, 5.41) is -0.165. The van der Waals surface area contributed by atoms with Gasteiger partial charge in [0.25, 0.3) is 0 Å². The van der Waals surface area contributed by atoms with Crippen LogP contribution in [-0.2, 0) is 19.1 Å². The Bertz CT molecular complexity index is 442. The smallest absolute Gasteiger partial charge is 0.411 e. The second-order valence-electron chi connectivity index (χ2n) is 7.65. The maximum atomic E-state index is 12.4. The van der Waals surface area contributed by atoms with Crippen LogP contribution < -0.4 is 0 Å². The van der Waals surface area contributed by atoms with Gasteiger partial charge in [0.05, 0.1) is 0 Å². The van der Waals surface area contributed by atoms with E-state index in [-0.39, 0.29) is 10.4 Å². The lowest BCUT2D eigenvalue weighted by Crippen LogP contribution is -2.45. The van der Waals surface area contributed by atoms with Crippen molar-refractivity contribution in [1.82, 2.24) is 4.90 Å². The lowest BCUT2D eigenvalue weighted by molar-refractivity contribution is -0.160. The molecule has 1 fully saturated rings. The lowest BCUT2D eigenvalue weighted by atomic mass is 10.1. The van der Waals surface area contributed by atoms with Crippen LogP contribution in [0.4, 0.5) is 4.79 Å². The molecule has 23 heavy (non-hydrogen) atoms. The second-order valence-corrected chi connectivity index (χ2v) is 9.13. The number of rotatable bonds is 2. The topological polar surface area (TPSA) is 72.9 Å². The molecule has 7 heteroatoms. The number of hydrogen-bond donors (Lipinski definition) is 0. The normalized spacial score (nSPS) is 22.0. The molecule has 0 N–H and O–H groups in total. The van der Waals surface area contributed by atoms with E-state index in [9.17, 15) is 14.4 Å². The van der Waals surface area contributed by atoms with Gasteiger partial charge in [-0.05, 0) is 48.0 Å².